The van der Waals surface area contributed by atoms with Crippen LogP contribution in [-0.4, -0.2) is 37.8 Å². The summed E-state index contributed by atoms with van der Waals surface area (Å²) in [7, 11) is -3.68. The van der Waals surface area contributed by atoms with E-state index in [0.717, 1.165) is 32.1 Å². The lowest BCUT2D eigenvalue weighted by molar-refractivity contribution is 0.0939. The van der Waals surface area contributed by atoms with E-state index in [0.29, 0.717) is 18.7 Å². The van der Waals surface area contributed by atoms with Gasteiger partial charge in [0.1, 0.15) is 4.90 Å². The Bertz CT molecular complexity index is 683. The van der Waals surface area contributed by atoms with Gasteiger partial charge in [-0.05, 0) is 44.4 Å². The molecule has 134 valence electrons. The minimum Gasteiger partial charge on any atom is -0.350 e. The maximum absolute atomic E-state index is 12.9. The van der Waals surface area contributed by atoms with E-state index in [2.05, 4.69) is 5.32 Å². The molecule has 0 aromatic heterocycles. The molecule has 0 radical (unpaired) electrons. The molecule has 1 amide bonds. The summed E-state index contributed by atoms with van der Waals surface area (Å²) in [4.78, 5) is 12.3. The lowest BCUT2D eigenvalue weighted by Crippen LogP contribution is -2.33. The van der Waals surface area contributed by atoms with Crippen molar-refractivity contribution < 1.29 is 13.2 Å². The molecule has 5 nitrogen and oxygen atoms in total. The number of hydrogen-bond acceptors (Lipinski definition) is 3. The van der Waals surface area contributed by atoms with Gasteiger partial charge < -0.3 is 5.32 Å². The Morgan fingerprint density at radius 1 is 1.25 bits per heavy atom. The number of benzene rings is 1. The summed E-state index contributed by atoms with van der Waals surface area (Å²) < 4.78 is 27.3. The van der Waals surface area contributed by atoms with Crippen LogP contribution in [0.15, 0.2) is 23.1 Å². The molecule has 1 saturated heterocycles. The van der Waals surface area contributed by atoms with Gasteiger partial charge >= 0.3 is 0 Å². The van der Waals surface area contributed by atoms with E-state index in [1.54, 1.807) is 6.07 Å². The van der Waals surface area contributed by atoms with Crippen LogP contribution >= 0.6 is 11.6 Å². The molecule has 1 fully saturated rings. The Labute approximate surface area is 149 Å². The maximum Gasteiger partial charge on any atom is 0.251 e. The number of nitrogens with one attached hydrogen (secondary N) is 1. The first-order valence-corrected chi connectivity index (χ1v) is 10.3. The number of amides is 1. The first kappa shape index (κ1) is 19.2. The summed E-state index contributed by atoms with van der Waals surface area (Å²) in [5.41, 5.74) is 0.313. The maximum atomic E-state index is 12.9. The molecule has 1 aliphatic rings. The third-order valence-corrected chi connectivity index (χ3v) is 6.75. The van der Waals surface area contributed by atoms with Crippen LogP contribution in [0.25, 0.3) is 0 Å². The third-order valence-electron chi connectivity index (χ3n) is 4.37. The van der Waals surface area contributed by atoms with Crippen molar-refractivity contribution in [1.29, 1.82) is 0 Å². The van der Waals surface area contributed by atoms with E-state index >= 15 is 0 Å². The van der Waals surface area contributed by atoms with Crippen molar-refractivity contribution in [2.75, 3.05) is 13.1 Å². The fraction of sp³-hybridized carbons (Fsp3) is 0.588. The van der Waals surface area contributed by atoms with Crippen molar-refractivity contribution in [3.8, 4) is 0 Å². The van der Waals surface area contributed by atoms with Gasteiger partial charge in [-0.2, -0.15) is 4.31 Å². The van der Waals surface area contributed by atoms with Gasteiger partial charge in [-0.1, -0.05) is 31.4 Å². The molecule has 1 aromatic rings. The first-order chi connectivity index (χ1) is 11.4. The van der Waals surface area contributed by atoms with Gasteiger partial charge in [-0.25, -0.2) is 8.42 Å². The van der Waals surface area contributed by atoms with Gasteiger partial charge in [-0.15, -0.1) is 0 Å². The first-order valence-electron chi connectivity index (χ1n) is 8.47. The van der Waals surface area contributed by atoms with E-state index in [1.165, 1.54) is 16.4 Å². The predicted molar refractivity (Wildman–Crippen MR) is 95.9 cm³/mol. The SMILES string of the molecule is CC[C@@H](C)NC(=O)c1ccc(Cl)c(S(=O)(=O)N2CCCCCC2)c1. The Hall–Kier alpha value is -1.11. The number of sulfonamides is 1. The molecule has 0 aliphatic carbocycles. The number of carbonyl (C=O) groups is 1. The summed E-state index contributed by atoms with van der Waals surface area (Å²) in [6.45, 7) is 4.88. The minimum absolute atomic E-state index is 0.0165. The molecule has 7 heteroatoms. The number of halogens is 1. The molecule has 1 aliphatic heterocycles. The van der Waals surface area contributed by atoms with Crippen LogP contribution in [0.5, 0.6) is 0 Å². The van der Waals surface area contributed by atoms with Crippen LogP contribution < -0.4 is 5.32 Å². The molecule has 0 unspecified atom stereocenters. The van der Waals surface area contributed by atoms with E-state index in [1.807, 2.05) is 13.8 Å². The van der Waals surface area contributed by atoms with Gasteiger partial charge in [0.15, 0.2) is 0 Å². The number of hydrogen-bond donors (Lipinski definition) is 1. The fourth-order valence-electron chi connectivity index (χ4n) is 2.67. The zero-order chi connectivity index (χ0) is 17.7. The molecule has 1 heterocycles. The van der Waals surface area contributed by atoms with Gasteiger partial charge in [0.05, 0.1) is 5.02 Å². The summed E-state index contributed by atoms with van der Waals surface area (Å²) in [5, 5.41) is 3.00. The van der Waals surface area contributed by atoms with Gasteiger partial charge in [0.2, 0.25) is 10.0 Å². The van der Waals surface area contributed by atoms with Crippen LogP contribution in [0.1, 0.15) is 56.3 Å². The van der Waals surface area contributed by atoms with Crippen molar-refractivity contribution in [3.05, 3.63) is 28.8 Å². The van der Waals surface area contributed by atoms with E-state index < -0.39 is 10.0 Å². The second-order valence-electron chi connectivity index (χ2n) is 6.25. The smallest absolute Gasteiger partial charge is 0.251 e. The highest BCUT2D eigenvalue weighted by Gasteiger charge is 2.28. The number of rotatable bonds is 5. The molecule has 1 aromatic carbocycles. The Morgan fingerprint density at radius 2 is 1.88 bits per heavy atom. The van der Waals surface area contributed by atoms with Crippen molar-refractivity contribution in [2.45, 2.75) is 56.9 Å². The Balaban J connectivity index is 2.31. The molecule has 24 heavy (non-hydrogen) atoms. The van der Waals surface area contributed by atoms with Crippen LogP contribution in [0.2, 0.25) is 5.02 Å². The van der Waals surface area contributed by atoms with Crippen molar-refractivity contribution in [2.24, 2.45) is 0 Å². The van der Waals surface area contributed by atoms with Crippen LogP contribution in [0.3, 0.4) is 0 Å². The zero-order valence-corrected chi connectivity index (χ0v) is 15.8. The largest absolute Gasteiger partial charge is 0.350 e. The molecule has 0 saturated carbocycles. The third kappa shape index (κ3) is 4.49. The average molecular weight is 373 g/mol. The summed E-state index contributed by atoms with van der Waals surface area (Å²) in [6.07, 6.45) is 4.59. The monoisotopic (exact) mass is 372 g/mol. The lowest BCUT2D eigenvalue weighted by atomic mass is 10.2. The molecule has 0 spiro atoms. The Kier molecular flexibility index (Phi) is 6.66. The highest BCUT2D eigenvalue weighted by Crippen LogP contribution is 2.27. The summed E-state index contributed by atoms with van der Waals surface area (Å²) in [5.74, 6) is -0.284. The molecular formula is C17H25ClN2O3S. The van der Waals surface area contributed by atoms with Crippen molar-refractivity contribution in [3.63, 3.8) is 0 Å². The molecule has 1 atom stereocenters. The molecule has 1 N–H and O–H groups in total. The summed E-state index contributed by atoms with van der Waals surface area (Å²) in [6, 6.07) is 4.46. The zero-order valence-electron chi connectivity index (χ0n) is 14.2. The van der Waals surface area contributed by atoms with Crippen LogP contribution in [0.4, 0.5) is 0 Å². The van der Waals surface area contributed by atoms with E-state index in [-0.39, 0.29) is 21.9 Å². The second-order valence-corrected chi connectivity index (χ2v) is 8.56. The number of nitrogens with zero attached hydrogens (tertiary/aromatic N) is 1. The minimum atomic E-state index is -3.68. The quantitative estimate of drug-likeness (QED) is 0.860. The normalized spacial score (nSPS) is 18.0. The highest BCUT2D eigenvalue weighted by molar-refractivity contribution is 7.89. The molecule has 2 rings (SSSR count). The number of carbonyl (C=O) groups excluding carboxylic acids is 1. The molecular weight excluding hydrogens is 348 g/mol. The standard InChI is InChI=1S/C17H25ClN2O3S/c1-3-13(2)19-17(21)14-8-9-15(18)16(12-14)24(22,23)20-10-6-4-5-7-11-20/h8-9,12-13H,3-7,10-11H2,1-2H3,(H,19,21)/t13-/m1/s1. The van der Waals surface area contributed by atoms with Crippen LogP contribution in [0, 0.1) is 0 Å². The predicted octanol–water partition coefficient (Wildman–Crippen LogP) is 3.43. The lowest BCUT2D eigenvalue weighted by Gasteiger charge is -2.21. The van der Waals surface area contributed by atoms with Crippen molar-refractivity contribution >= 4 is 27.5 Å². The van der Waals surface area contributed by atoms with Gasteiger partial charge in [-0.3, -0.25) is 4.79 Å². The average Bonchev–Trinajstić information content (AvgIpc) is 2.84. The van der Waals surface area contributed by atoms with E-state index in [9.17, 15) is 13.2 Å². The Morgan fingerprint density at radius 3 is 2.46 bits per heavy atom. The fourth-order valence-corrected chi connectivity index (χ4v) is 4.69. The van der Waals surface area contributed by atoms with Crippen molar-refractivity contribution in [1.82, 2.24) is 9.62 Å². The van der Waals surface area contributed by atoms with E-state index in [4.69, 9.17) is 11.6 Å². The highest BCUT2D eigenvalue weighted by atomic mass is 35.5. The van der Waals surface area contributed by atoms with Crippen LogP contribution in [-0.2, 0) is 10.0 Å². The molecule has 0 bridgehead atoms. The van der Waals surface area contributed by atoms with Gasteiger partial charge in [0, 0.05) is 24.7 Å². The topological polar surface area (TPSA) is 66.5 Å². The second kappa shape index (κ2) is 8.32. The summed E-state index contributed by atoms with van der Waals surface area (Å²) >= 11 is 6.14. The van der Waals surface area contributed by atoms with Gasteiger partial charge in [0.25, 0.3) is 5.91 Å².